The number of hydrogen-bond donors (Lipinski definition) is 0. The monoisotopic (exact) mass is 434 g/mol. The van der Waals surface area contributed by atoms with E-state index in [-0.39, 0.29) is 17.3 Å². The smallest absolute Gasteiger partial charge is 0.279 e. The number of thioether (sulfide) groups is 2. The molecule has 0 bridgehead atoms. The highest BCUT2D eigenvalue weighted by Crippen LogP contribution is 2.33. The molecule has 0 saturated carbocycles. The van der Waals surface area contributed by atoms with Crippen LogP contribution < -0.4 is 4.57 Å². The minimum atomic E-state index is -0.0555. The third kappa shape index (κ3) is 5.71. The molecule has 1 aromatic heterocycles. The van der Waals surface area contributed by atoms with Gasteiger partial charge in [-0.1, -0.05) is 67.6 Å². The number of nitrogens with zero attached hydrogens (tertiary/aromatic N) is 1. The number of aromatic nitrogens is 1. The zero-order valence-corrected chi connectivity index (χ0v) is 18.7. The van der Waals surface area contributed by atoms with E-state index in [0.717, 1.165) is 15.6 Å². The molecule has 3 aromatic rings. The standard InChI is InChI=1S/C25H24NO2S2/c1-3-29-25(30-18-22(27)20-10-6-4-7-11-20)23(26-16-14-19(2)15-17-26)24(28)21-12-8-5-9-13-21/h4-17H,3,18H2,1-2H3/q+1/b25-23-. The van der Waals surface area contributed by atoms with Crippen LogP contribution in [0.2, 0.25) is 0 Å². The molecule has 1 heterocycles. The zero-order chi connectivity index (χ0) is 21.3. The van der Waals surface area contributed by atoms with Crippen LogP contribution in [0.4, 0.5) is 0 Å². The van der Waals surface area contributed by atoms with Crippen molar-refractivity contribution in [1.29, 1.82) is 0 Å². The van der Waals surface area contributed by atoms with E-state index in [2.05, 4.69) is 6.92 Å². The van der Waals surface area contributed by atoms with Crippen LogP contribution in [0.5, 0.6) is 0 Å². The Hall–Kier alpha value is -2.63. The van der Waals surface area contributed by atoms with Crippen molar-refractivity contribution in [3.63, 3.8) is 0 Å². The van der Waals surface area contributed by atoms with Gasteiger partial charge in [0.1, 0.15) is 4.24 Å². The minimum Gasteiger partial charge on any atom is -0.293 e. The maximum atomic E-state index is 13.5. The van der Waals surface area contributed by atoms with Gasteiger partial charge in [0.2, 0.25) is 0 Å². The first kappa shape index (κ1) is 22.1. The van der Waals surface area contributed by atoms with Gasteiger partial charge in [0, 0.05) is 23.3 Å². The van der Waals surface area contributed by atoms with E-state index in [1.807, 2.05) is 96.7 Å². The van der Waals surface area contributed by atoms with E-state index in [4.69, 9.17) is 0 Å². The van der Waals surface area contributed by atoms with Gasteiger partial charge < -0.3 is 0 Å². The van der Waals surface area contributed by atoms with Gasteiger partial charge in [0.25, 0.3) is 11.5 Å². The van der Waals surface area contributed by atoms with Crippen LogP contribution in [0.1, 0.15) is 33.2 Å². The molecule has 30 heavy (non-hydrogen) atoms. The summed E-state index contributed by atoms with van der Waals surface area (Å²) >= 11 is 3.02. The van der Waals surface area contributed by atoms with Crippen LogP contribution >= 0.6 is 23.5 Å². The van der Waals surface area contributed by atoms with E-state index < -0.39 is 0 Å². The fourth-order valence-corrected chi connectivity index (χ4v) is 5.06. The first-order chi connectivity index (χ1) is 14.6. The Labute approximate surface area is 186 Å². The van der Waals surface area contributed by atoms with Crippen molar-refractivity contribution < 1.29 is 14.2 Å². The molecule has 0 radical (unpaired) electrons. The SMILES string of the molecule is CCS/C(SCC(=O)c1ccccc1)=C(\C(=O)c1ccccc1)[n+]1ccc(C)cc1. The van der Waals surface area contributed by atoms with E-state index >= 15 is 0 Å². The van der Waals surface area contributed by atoms with Gasteiger partial charge in [-0.05, 0) is 18.2 Å². The van der Waals surface area contributed by atoms with Crippen molar-refractivity contribution in [3.05, 3.63) is 106 Å². The number of allylic oxidation sites excluding steroid dienone is 1. The van der Waals surface area contributed by atoms with E-state index in [9.17, 15) is 9.59 Å². The maximum absolute atomic E-state index is 13.5. The summed E-state index contributed by atoms with van der Waals surface area (Å²) in [4.78, 5) is 26.1. The van der Waals surface area contributed by atoms with Gasteiger partial charge >= 0.3 is 0 Å². The lowest BCUT2D eigenvalue weighted by Crippen LogP contribution is -2.36. The maximum Gasteiger partial charge on any atom is 0.279 e. The number of aryl methyl sites for hydroxylation is 1. The Balaban J connectivity index is 1.99. The number of Topliss-reactive ketones (excluding diaryl/α,β-unsaturated/α-hetero) is 2. The molecule has 0 aliphatic heterocycles. The van der Waals surface area contributed by atoms with Crippen molar-refractivity contribution >= 4 is 40.8 Å². The van der Waals surface area contributed by atoms with Gasteiger partial charge in [-0.2, -0.15) is 4.57 Å². The summed E-state index contributed by atoms with van der Waals surface area (Å²) < 4.78 is 2.71. The summed E-state index contributed by atoms with van der Waals surface area (Å²) in [7, 11) is 0. The fourth-order valence-electron chi connectivity index (χ4n) is 2.84. The van der Waals surface area contributed by atoms with Gasteiger partial charge in [0.15, 0.2) is 18.2 Å². The van der Waals surface area contributed by atoms with Crippen molar-refractivity contribution in [2.75, 3.05) is 11.5 Å². The summed E-state index contributed by atoms with van der Waals surface area (Å²) in [6.45, 7) is 4.07. The largest absolute Gasteiger partial charge is 0.293 e. The molecule has 0 spiro atoms. The van der Waals surface area contributed by atoms with E-state index in [0.29, 0.717) is 16.8 Å². The quantitative estimate of drug-likeness (QED) is 0.247. The van der Waals surface area contributed by atoms with Crippen LogP contribution in [-0.4, -0.2) is 23.1 Å². The lowest BCUT2D eigenvalue weighted by molar-refractivity contribution is -0.576. The average molecular weight is 435 g/mol. The number of benzene rings is 2. The molecule has 0 atom stereocenters. The molecule has 0 N–H and O–H groups in total. The van der Waals surface area contributed by atoms with Crippen LogP contribution in [0.3, 0.4) is 0 Å². The van der Waals surface area contributed by atoms with Gasteiger partial charge in [-0.15, -0.1) is 23.5 Å². The number of carbonyl (C=O) groups is 2. The molecule has 0 aliphatic rings. The van der Waals surface area contributed by atoms with Crippen LogP contribution in [0.15, 0.2) is 89.4 Å². The van der Waals surface area contributed by atoms with Crippen LogP contribution in [-0.2, 0) is 0 Å². The molecule has 0 amide bonds. The topological polar surface area (TPSA) is 38.0 Å². The van der Waals surface area contributed by atoms with E-state index in [1.54, 1.807) is 11.8 Å². The molecular weight excluding hydrogens is 410 g/mol. The third-order valence-electron chi connectivity index (χ3n) is 4.40. The molecule has 152 valence electrons. The summed E-state index contributed by atoms with van der Waals surface area (Å²) in [5.41, 5.74) is 3.02. The van der Waals surface area contributed by atoms with Gasteiger partial charge in [-0.25, -0.2) is 0 Å². The number of carbonyl (C=O) groups excluding carboxylic acids is 2. The normalized spacial score (nSPS) is 11.7. The average Bonchev–Trinajstić information content (AvgIpc) is 2.79. The Kier molecular flexibility index (Phi) is 8.05. The fraction of sp³-hybridized carbons (Fsp3) is 0.160. The van der Waals surface area contributed by atoms with Crippen LogP contribution in [0.25, 0.3) is 5.70 Å². The Bertz CT molecular complexity index is 1030. The predicted molar refractivity (Wildman–Crippen MR) is 127 cm³/mol. The number of pyridine rings is 1. The van der Waals surface area contributed by atoms with Crippen molar-refractivity contribution in [2.24, 2.45) is 0 Å². The third-order valence-corrected chi connectivity index (χ3v) is 6.72. The summed E-state index contributed by atoms with van der Waals surface area (Å²) in [5, 5.41) is 0. The highest BCUT2D eigenvalue weighted by molar-refractivity contribution is 8.22. The molecule has 0 fully saturated rings. The molecular formula is C25H24NO2S2+. The van der Waals surface area contributed by atoms with Gasteiger partial charge in [0.05, 0.1) is 5.75 Å². The van der Waals surface area contributed by atoms with Crippen molar-refractivity contribution in [2.45, 2.75) is 13.8 Å². The molecule has 3 nitrogen and oxygen atoms in total. The summed E-state index contributed by atoms with van der Waals surface area (Å²) in [5.74, 6) is 1.08. The van der Waals surface area contributed by atoms with Crippen molar-refractivity contribution in [3.8, 4) is 0 Å². The Morgan fingerprint density at radius 2 is 1.37 bits per heavy atom. The lowest BCUT2D eigenvalue weighted by Gasteiger charge is -2.10. The predicted octanol–water partition coefficient (Wildman–Crippen LogP) is 5.66. The second-order valence-corrected chi connectivity index (χ2v) is 9.14. The number of ketones is 2. The number of rotatable bonds is 9. The lowest BCUT2D eigenvalue weighted by atomic mass is 10.1. The molecule has 0 saturated heterocycles. The second-order valence-electron chi connectivity index (χ2n) is 6.62. The second kappa shape index (κ2) is 11.0. The molecule has 0 unspecified atom stereocenters. The zero-order valence-electron chi connectivity index (χ0n) is 17.1. The molecule has 5 heteroatoms. The highest BCUT2D eigenvalue weighted by atomic mass is 32.2. The van der Waals surface area contributed by atoms with Crippen molar-refractivity contribution in [1.82, 2.24) is 0 Å². The minimum absolute atomic E-state index is 0.0511. The van der Waals surface area contributed by atoms with Crippen LogP contribution in [0, 0.1) is 6.92 Å². The Morgan fingerprint density at radius 3 is 1.93 bits per heavy atom. The summed E-state index contributed by atoms with van der Waals surface area (Å²) in [6.07, 6.45) is 3.81. The molecule has 2 aromatic carbocycles. The molecule has 3 rings (SSSR count). The number of hydrogen-bond acceptors (Lipinski definition) is 4. The Morgan fingerprint density at radius 1 is 0.800 bits per heavy atom. The first-order valence-electron chi connectivity index (χ1n) is 9.76. The summed E-state index contributed by atoms with van der Waals surface area (Å²) in [6, 6.07) is 22.5. The van der Waals surface area contributed by atoms with Gasteiger partial charge in [-0.3, -0.25) is 9.59 Å². The highest BCUT2D eigenvalue weighted by Gasteiger charge is 2.28. The molecule has 0 aliphatic carbocycles. The first-order valence-corrected chi connectivity index (χ1v) is 11.7. The van der Waals surface area contributed by atoms with E-state index in [1.165, 1.54) is 11.8 Å².